The Morgan fingerprint density at radius 2 is 1.94 bits per heavy atom. The van der Waals surface area contributed by atoms with Crippen LogP contribution in [0, 0.1) is 5.95 Å². The van der Waals surface area contributed by atoms with E-state index in [1.807, 2.05) is 24.3 Å². The maximum atomic E-state index is 13.9. The third kappa shape index (κ3) is 1.35. The van der Waals surface area contributed by atoms with Crippen LogP contribution in [0.15, 0.2) is 24.3 Å². The molecule has 2 nitrogen and oxygen atoms in total. The summed E-state index contributed by atoms with van der Waals surface area (Å²) in [6.45, 7) is 0. The van der Waals surface area contributed by atoms with Crippen LogP contribution in [0.1, 0.15) is 24.3 Å². The smallest absolute Gasteiger partial charge is 0.223 e. The van der Waals surface area contributed by atoms with E-state index in [1.54, 1.807) is 0 Å². The van der Waals surface area contributed by atoms with Crippen molar-refractivity contribution in [3.63, 3.8) is 0 Å². The molecule has 1 fully saturated rings. The third-order valence-corrected chi connectivity index (χ3v) is 3.05. The van der Waals surface area contributed by atoms with Gasteiger partial charge in [0.2, 0.25) is 11.8 Å². The standard InChI is InChI=1S/C13H12FNO/c1-16-13-10-5-3-2-4-9(10)11(8-6-7-8)12(14)15-13/h2-5,8H,6-7H2,1H3. The fourth-order valence-electron chi connectivity index (χ4n) is 2.14. The molecular weight excluding hydrogens is 205 g/mol. The Morgan fingerprint density at radius 3 is 2.56 bits per heavy atom. The normalized spacial score (nSPS) is 15.4. The lowest BCUT2D eigenvalue weighted by molar-refractivity contribution is 0.392. The van der Waals surface area contributed by atoms with E-state index in [2.05, 4.69) is 4.98 Å². The summed E-state index contributed by atoms with van der Waals surface area (Å²) in [6.07, 6.45) is 2.13. The van der Waals surface area contributed by atoms with E-state index in [4.69, 9.17) is 4.74 Å². The number of nitrogens with zero attached hydrogens (tertiary/aromatic N) is 1. The summed E-state index contributed by atoms with van der Waals surface area (Å²) < 4.78 is 19.0. The van der Waals surface area contributed by atoms with Crippen LogP contribution in [0.2, 0.25) is 0 Å². The Morgan fingerprint density at radius 1 is 1.25 bits per heavy atom. The van der Waals surface area contributed by atoms with Crippen molar-refractivity contribution in [2.24, 2.45) is 0 Å². The number of fused-ring (bicyclic) bond motifs is 1. The second-order valence-electron chi connectivity index (χ2n) is 4.15. The summed E-state index contributed by atoms with van der Waals surface area (Å²) in [7, 11) is 1.52. The van der Waals surface area contributed by atoms with Crippen molar-refractivity contribution < 1.29 is 9.13 Å². The third-order valence-electron chi connectivity index (χ3n) is 3.05. The molecule has 0 N–H and O–H groups in total. The number of halogens is 1. The van der Waals surface area contributed by atoms with Gasteiger partial charge in [0.15, 0.2) is 0 Å². The van der Waals surface area contributed by atoms with Gasteiger partial charge < -0.3 is 4.74 Å². The van der Waals surface area contributed by atoms with Crippen LogP contribution in [0.25, 0.3) is 10.8 Å². The number of hydrogen-bond donors (Lipinski definition) is 0. The molecule has 0 amide bonds. The minimum Gasteiger partial charge on any atom is -0.480 e. The van der Waals surface area contributed by atoms with Gasteiger partial charge in [-0.1, -0.05) is 18.2 Å². The number of methoxy groups -OCH3 is 1. The quantitative estimate of drug-likeness (QED) is 0.720. The van der Waals surface area contributed by atoms with E-state index in [0.29, 0.717) is 11.8 Å². The molecule has 3 heteroatoms. The maximum Gasteiger partial charge on any atom is 0.223 e. The van der Waals surface area contributed by atoms with Crippen molar-refractivity contribution in [1.82, 2.24) is 4.98 Å². The lowest BCUT2D eigenvalue weighted by atomic mass is 10.0. The first-order chi connectivity index (χ1) is 7.81. The number of rotatable bonds is 2. The van der Waals surface area contributed by atoms with Gasteiger partial charge in [-0.15, -0.1) is 0 Å². The zero-order valence-corrected chi connectivity index (χ0v) is 9.03. The molecule has 0 unspecified atom stereocenters. The molecule has 1 aliphatic carbocycles. The Labute approximate surface area is 93.1 Å². The highest BCUT2D eigenvalue weighted by Gasteiger charge is 2.30. The van der Waals surface area contributed by atoms with Crippen LogP contribution in [0.3, 0.4) is 0 Å². The highest BCUT2D eigenvalue weighted by molar-refractivity contribution is 5.90. The van der Waals surface area contributed by atoms with Crippen LogP contribution >= 0.6 is 0 Å². The molecule has 1 heterocycles. The summed E-state index contributed by atoms with van der Waals surface area (Å²) in [5.74, 6) is 0.346. The van der Waals surface area contributed by atoms with E-state index in [9.17, 15) is 4.39 Å². The van der Waals surface area contributed by atoms with Crippen LogP contribution in [0.4, 0.5) is 4.39 Å². The minimum atomic E-state index is -0.377. The molecule has 0 spiro atoms. The summed E-state index contributed by atoms with van der Waals surface area (Å²) >= 11 is 0. The maximum absolute atomic E-state index is 13.9. The zero-order chi connectivity index (χ0) is 11.1. The molecule has 0 saturated heterocycles. The molecule has 1 aliphatic rings. The van der Waals surface area contributed by atoms with Gasteiger partial charge in [0.05, 0.1) is 7.11 Å². The van der Waals surface area contributed by atoms with Gasteiger partial charge in [-0.3, -0.25) is 0 Å². The summed E-state index contributed by atoms with van der Waals surface area (Å²) in [6, 6.07) is 7.71. The van der Waals surface area contributed by atoms with Crippen LogP contribution in [0.5, 0.6) is 5.88 Å². The first kappa shape index (κ1) is 9.58. The van der Waals surface area contributed by atoms with Crippen molar-refractivity contribution in [3.8, 4) is 5.88 Å². The number of pyridine rings is 1. The Hall–Kier alpha value is -1.64. The number of benzene rings is 1. The highest BCUT2D eigenvalue weighted by Crippen LogP contribution is 2.45. The SMILES string of the molecule is COc1nc(F)c(C2CC2)c2ccccc12. The summed E-state index contributed by atoms with van der Waals surface area (Å²) in [4.78, 5) is 3.89. The Balaban J connectivity index is 2.36. The highest BCUT2D eigenvalue weighted by atomic mass is 19.1. The molecule has 1 aromatic carbocycles. The van der Waals surface area contributed by atoms with E-state index >= 15 is 0 Å². The molecule has 2 aromatic rings. The van der Waals surface area contributed by atoms with Crippen molar-refractivity contribution in [2.75, 3.05) is 7.11 Å². The first-order valence-electron chi connectivity index (χ1n) is 5.43. The molecule has 3 rings (SSSR count). The molecule has 0 bridgehead atoms. The van der Waals surface area contributed by atoms with Gasteiger partial charge in [0.1, 0.15) is 0 Å². The molecule has 1 saturated carbocycles. The lowest BCUT2D eigenvalue weighted by Crippen LogP contribution is -1.98. The predicted octanol–water partition coefficient (Wildman–Crippen LogP) is 3.26. The topological polar surface area (TPSA) is 22.1 Å². The lowest BCUT2D eigenvalue weighted by Gasteiger charge is -2.09. The van der Waals surface area contributed by atoms with Gasteiger partial charge >= 0.3 is 0 Å². The average molecular weight is 217 g/mol. The van der Waals surface area contributed by atoms with Gasteiger partial charge in [-0.2, -0.15) is 9.37 Å². The minimum absolute atomic E-state index is 0.350. The van der Waals surface area contributed by atoms with Crippen LogP contribution in [-0.2, 0) is 0 Å². The molecular formula is C13H12FNO. The van der Waals surface area contributed by atoms with Crippen molar-refractivity contribution >= 4 is 10.8 Å². The van der Waals surface area contributed by atoms with Gasteiger partial charge in [0.25, 0.3) is 0 Å². The van der Waals surface area contributed by atoms with E-state index in [-0.39, 0.29) is 5.95 Å². The molecule has 82 valence electrons. The van der Waals surface area contributed by atoms with Crippen molar-refractivity contribution in [1.29, 1.82) is 0 Å². The fraction of sp³-hybridized carbons (Fsp3) is 0.308. The number of hydrogen-bond acceptors (Lipinski definition) is 2. The zero-order valence-electron chi connectivity index (χ0n) is 9.03. The van der Waals surface area contributed by atoms with Crippen LogP contribution in [-0.4, -0.2) is 12.1 Å². The van der Waals surface area contributed by atoms with Gasteiger partial charge in [0, 0.05) is 10.9 Å². The monoisotopic (exact) mass is 217 g/mol. The van der Waals surface area contributed by atoms with E-state index in [1.165, 1.54) is 7.11 Å². The number of aromatic nitrogens is 1. The Bertz CT molecular complexity index is 549. The largest absolute Gasteiger partial charge is 0.480 e. The fourth-order valence-corrected chi connectivity index (χ4v) is 2.14. The average Bonchev–Trinajstić information content (AvgIpc) is 3.12. The molecule has 1 aromatic heterocycles. The predicted molar refractivity (Wildman–Crippen MR) is 60.2 cm³/mol. The van der Waals surface area contributed by atoms with E-state index in [0.717, 1.165) is 29.2 Å². The molecule has 0 aliphatic heterocycles. The number of ether oxygens (including phenoxy) is 1. The molecule has 16 heavy (non-hydrogen) atoms. The summed E-state index contributed by atoms with van der Waals surface area (Å²) in [5.41, 5.74) is 0.761. The second-order valence-corrected chi connectivity index (χ2v) is 4.15. The molecule has 0 atom stereocenters. The van der Waals surface area contributed by atoms with Crippen molar-refractivity contribution in [2.45, 2.75) is 18.8 Å². The second kappa shape index (κ2) is 3.44. The van der Waals surface area contributed by atoms with Crippen LogP contribution < -0.4 is 4.74 Å². The first-order valence-corrected chi connectivity index (χ1v) is 5.43. The molecule has 0 radical (unpaired) electrons. The summed E-state index contributed by atoms with van der Waals surface area (Å²) in [5, 5.41) is 1.84. The van der Waals surface area contributed by atoms with Crippen molar-refractivity contribution in [3.05, 3.63) is 35.8 Å². The van der Waals surface area contributed by atoms with Gasteiger partial charge in [-0.25, -0.2) is 0 Å². The van der Waals surface area contributed by atoms with E-state index < -0.39 is 0 Å². The van der Waals surface area contributed by atoms with Gasteiger partial charge in [-0.05, 0) is 30.2 Å². The Kier molecular flexibility index (Phi) is 2.06.